The van der Waals surface area contributed by atoms with E-state index in [9.17, 15) is 9.59 Å². The van der Waals surface area contributed by atoms with E-state index in [2.05, 4.69) is 0 Å². The van der Waals surface area contributed by atoms with Gasteiger partial charge in [-0.3, -0.25) is 0 Å². The van der Waals surface area contributed by atoms with E-state index < -0.39 is 25.1 Å². The molecule has 0 amide bonds. The van der Waals surface area contributed by atoms with E-state index in [1.165, 1.54) is 0 Å². The SMILES string of the molecule is O=C1CCCCCCCCC(=O)[O][Pb][O]1. The summed E-state index contributed by atoms with van der Waals surface area (Å²) < 4.78 is 9.88. The van der Waals surface area contributed by atoms with E-state index in [-0.39, 0.29) is 11.9 Å². The predicted octanol–water partition coefficient (Wildman–Crippen LogP) is 1.74. The molecule has 0 unspecified atom stereocenters. The van der Waals surface area contributed by atoms with E-state index in [0.29, 0.717) is 12.8 Å². The Bertz CT molecular complexity index is 195. The molecule has 5 heteroatoms. The molecule has 0 aromatic heterocycles. The first kappa shape index (κ1) is 12.9. The van der Waals surface area contributed by atoms with Gasteiger partial charge in [0.15, 0.2) is 0 Å². The van der Waals surface area contributed by atoms with E-state index in [1.807, 2.05) is 0 Å². The summed E-state index contributed by atoms with van der Waals surface area (Å²) in [5, 5.41) is 0. The Labute approximate surface area is 103 Å². The fraction of sp³-hybridized carbons (Fsp3) is 0.800. The van der Waals surface area contributed by atoms with Gasteiger partial charge in [-0.05, 0) is 0 Å². The van der Waals surface area contributed by atoms with E-state index >= 15 is 0 Å². The molecule has 84 valence electrons. The molecule has 0 saturated carbocycles. The van der Waals surface area contributed by atoms with Crippen LogP contribution in [0.25, 0.3) is 0 Å². The van der Waals surface area contributed by atoms with Crippen LogP contribution in [0.1, 0.15) is 51.4 Å². The van der Waals surface area contributed by atoms with Crippen molar-refractivity contribution in [2.75, 3.05) is 0 Å². The molecule has 0 bridgehead atoms. The summed E-state index contributed by atoms with van der Waals surface area (Å²) in [6, 6.07) is 0. The second kappa shape index (κ2) is 8.07. The van der Waals surface area contributed by atoms with Crippen molar-refractivity contribution in [2.24, 2.45) is 0 Å². The Morgan fingerprint density at radius 2 is 1.13 bits per heavy atom. The van der Waals surface area contributed by atoms with Gasteiger partial charge in [0.2, 0.25) is 0 Å². The molecule has 1 aliphatic heterocycles. The van der Waals surface area contributed by atoms with Crippen LogP contribution in [-0.4, -0.2) is 37.1 Å². The number of carbonyl (C=O) groups excluding carboxylic acids is 2. The molecule has 1 fully saturated rings. The van der Waals surface area contributed by atoms with Gasteiger partial charge in [0, 0.05) is 0 Å². The van der Waals surface area contributed by atoms with Crippen LogP contribution in [0, 0.1) is 0 Å². The van der Waals surface area contributed by atoms with Crippen LogP contribution < -0.4 is 0 Å². The van der Waals surface area contributed by atoms with E-state index in [4.69, 9.17) is 5.37 Å². The molecule has 0 aromatic rings. The third-order valence-electron chi connectivity index (χ3n) is 2.32. The van der Waals surface area contributed by atoms with Gasteiger partial charge in [-0.25, -0.2) is 0 Å². The van der Waals surface area contributed by atoms with Crippen LogP contribution in [0.15, 0.2) is 0 Å². The van der Waals surface area contributed by atoms with Crippen LogP contribution in [0.4, 0.5) is 0 Å². The monoisotopic (exact) mass is 408 g/mol. The molecule has 15 heavy (non-hydrogen) atoms. The zero-order valence-corrected chi connectivity index (χ0v) is 12.7. The molecule has 0 N–H and O–H groups in total. The molecule has 1 saturated heterocycles. The van der Waals surface area contributed by atoms with Crippen LogP contribution in [-0.2, 0) is 15.0 Å². The molecule has 0 atom stereocenters. The van der Waals surface area contributed by atoms with Gasteiger partial charge >= 0.3 is 103 Å². The molecule has 1 heterocycles. The van der Waals surface area contributed by atoms with Crippen LogP contribution in [0.5, 0.6) is 0 Å². The molecule has 2 radical (unpaired) electrons. The first-order valence-electron chi connectivity index (χ1n) is 5.43. The van der Waals surface area contributed by atoms with Gasteiger partial charge in [-0.1, -0.05) is 0 Å². The molecule has 1 rings (SSSR count). The zero-order valence-electron chi connectivity index (χ0n) is 8.79. The molecule has 0 aromatic carbocycles. The minimum atomic E-state index is -1.90. The summed E-state index contributed by atoms with van der Waals surface area (Å²) in [4.78, 5) is 22.3. The zero-order chi connectivity index (χ0) is 10.9. The molecular formula is C10H16O4Pb. The average molecular weight is 407 g/mol. The standard InChI is InChI=1S/C10H18O4.Pb/c11-9(12)7-5-3-1-2-4-6-8-10(13)14;/h1-8H2,(H,11,12)(H,13,14);/q;+2/p-2. The summed E-state index contributed by atoms with van der Waals surface area (Å²) >= 11 is -1.90. The maximum absolute atomic E-state index is 11.1. The van der Waals surface area contributed by atoms with Crippen molar-refractivity contribution in [3.8, 4) is 0 Å². The third kappa shape index (κ3) is 6.86. The van der Waals surface area contributed by atoms with Gasteiger partial charge in [0.1, 0.15) is 0 Å². The van der Waals surface area contributed by atoms with Gasteiger partial charge in [0.25, 0.3) is 0 Å². The number of carbonyl (C=O) groups is 2. The van der Waals surface area contributed by atoms with Gasteiger partial charge < -0.3 is 0 Å². The molecule has 0 spiro atoms. The van der Waals surface area contributed by atoms with E-state index in [1.54, 1.807) is 0 Å². The normalized spacial score (nSPS) is 21.6. The summed E-state index contributed by atoms with van der Waals surface area (Å²) in [7, 11) is 0. The molecule has 4 nitrogen and oxygen atoms in total. The average Bonchev–Trinajstić information content (AvgIpc) is 2.22. The van der Waals surface area contributed by atoms with Gasteiger partial charge in [-0.15, -0.1) is 0 Å². The summed E-state index contributed by atoms with van der Waals surface area (Å²) in [6.45, 7) is 0. The third-order valence-corrected chi connectivity index (χ3v) is 4.74. The second-order valence-corrected chi connectivity index (χ2v) is 5.89. The van der Waals surface area contributed by atoms with Crippen molar-refractivity contribution in [1.82, 2.24) is 0 Å². The van der Waals surface area contributed by atoms with Crippen LogP contribution >= 0.6 is 0 Å². The number of rotatable bonds is 0. The quantitative estimate of drug-likeness (QED) is 0.574. The van der Waals surface area contributed by atoms with Crippen molar-refractivity contribution >= 4 is 37.1 Å². The van der Waals surface area contributed by atoms with Crippen molar-refractivity contribution in [2.45, 2.75) is 51.4 Å². The Balaban J connectivity index is 2.27. The van der Waals surface area contributed by atoms with Crippen molar-refractivity contribution in [1.29, 1.82) is 0 Å². The summed E-state index contributed by atoms with van der Waals surface area (Å²) in [5.41, 5.74) is 0. The number of hydrogen-bond donors (Lipinski definition) is 0. The van der Waals surface area contributed by atoms with Gasteiger partial charge in [0.05, 0.1) is 0 Å². The first-order valence-corrected chi connectivity index (χ1v) is 8.61. The summed E-state index contributed by atoms with van der Waals surface area (Å²) in [6.07, 6.45) is 7.20. The Morgan fingerprint density at radius 3 is 1.60 bits per heavy atom. The Morgan fingerprint density at radius 1 is 0.733 bits per heavy atom. The van der Waals surface area contributed by atoms with Crippen LogP contribution in [0.2, 0.25) is 0 Å². The minimum absolute atomic E-state index is 0.189. The Kier molecular flexibility index (Phi) is 6.95. The Hall–Kier alpha value is -0.138. The fourth-order valence-corrected chi connectivity index (χ4v) is 3.14. The molecule has 0 aliphatic carbocycles. The van der Waals surface area contributed by atoms with Crippen molar-refractivity contribution in [3.05, 3.63) is 0 Å². The van der Waals surface area contributed by atoms with E-state index in [0.717, 1.165) is 38.5 Å². The second-order valence-electron chi connectivity index (χ2n) is 3.65. The fourth-order valence-electron chi connectivity index (χ4n) is 1.46. The first-order chi connectivity index (χ1) is 7.29. The maximum atomic E-state index is 11.1. The summed E-state index contributed by atoms with van der Waals surface area (Å²) in [5.74, 6) is -0.379. The molecule has 1 aliphatic rings. The van der Waals surface area contributed by atoms with Crippen molar-refractivity contribution in [3.63, 3.8) is 0 Å². The van der Waals surface area contributed by atoms with Crippen LogP contribution in [0.3, 0.4) is 0 Å². The predicted molar refractivity (Wildman–Crippen MR) is 54.9 cm³/mol. The van der Waals surface area contributed by atoms with Gasteiger partial charge in [-0.2, -0.15) is 0 Å². The molecular weight excluding hydrogens is 391 g/mol. The van der Waals surface area contributed by atoms with Crippen molar-refractivity contribution < 1.29 is 15.0 Å². The number of hydrogen-bond acceptors (Lipinski definition) is 4. The topological polar surface area (TPSA) is 52.6 Å².